The maximum Gasteiger partial charge on any atom is 0.216 e. The third-order valence-corrected chi connectivity index (χ3v) is 3.68. The fraction of sp³-hybridized carbons (Fsp3) is 0.375. The number of carbonyl (C=O) groups excluding carboxylic acids is 1. The molecule has 3 rings (SSSR count). The number of hydrogen-bond acceptors (Lipinski definition) is 3. The van der Waals surface area contributed by atoms with E-state index in [1.54, 1.807) is 0 Å². The Balaban J connectivity index is 2.14. The van der Waals surface area contributed by atoms with Gasteiger partial charge in [-0.05, 0) is 31.9 Å². The Morgan fingerprint density at radius 2 is 2.29 bits per heavy atom. The van der Waals surface area contributed by atoms with Crippen molar-refractivity contribution < 1.29 is 9.21 Å². The number of carbonyl (C=O) groups is 1. The van der Waals surface area contributed by atoms with E-state index in [0.717, 1.165) is 40.8 Å². The highest BCUT2D eigenvalue weighted by atomic mass is 16.3. The van der Waals surface area contributed by atoms with Crippen molar-refractivity contribution in [2.75, 3.05) is 6.54 Å². The van der Waals surface area contributed by atoms with Gasteiger partial charge in [-0.25, -0.2) is 4.52 Å². The van der Waals surface area contributed by atoms with Gasteiger partial charge >= 0.3 is 0 Å². The average Bonchev–Trinajstić information content (AvgIpc) is 2.97. The maximum absolute atomic E-state index is 11.1. The monoisotopic (exact) mass is 285 g/mol. The van der Waals surface area contributed by atoms with Gasteiger partial charge in [0.1, 0.15) is 11.3 Å². The second-order valence-corrected chi connectivity index (χ2v) is 5.26. The van der Waals surface area contributed by atoms with Crippen molar-refractivity contribution in [3.05, 3.63) is 35.3 Å². The molecule has 1 amide bonds. The molecule has 0 aliphatic carbocycles. The number of nitrogens with zero attached hydrogens (tertiary/aromatic N) is 2. The molecule has 21 heavy (non-hydrogen) atoms. The molecule has 0 aliphatic rings. The molecule has 3 heterocycles. The molecule has 0 spiro atoms. The van der Waals surface area contributed by atoms with E-state index in [1.807, 2.05) is 29.8 Å². The van der Waals surface area contributed by atoms with Gasteiger partial charge in [0.15, 0.2) is 0 Å². The van der Waals surface area contributed by atoms with Gasteiger partial charge in [0.2, 0.25) is 5.91 Å². The third-order valence-electron chi connectivity index (χ3n) is 3.68. The molecule has 1 N–H and O–H groups in total. The predicted octanol–water partition coefficient (Wildman–Crippen LogP) is 2.63. The SMILES string of the molecule is CCc1nn2ccc3oc(C)cc3c2c1CCNC(C)=O. The molecule has 0 aliphatic heterocycles. The second-order valence-electron chi connectivity index (χ2n) is 5.26. The van der Waals surface area contributed by atoms with E-state index in [-0.39, 0.29) is 5.91 Å². The van der Waals surface area contributed by atoms with Gasteiger partial charge in [-0.15, -0.1) is 0 Å². The lowest BCUT2D eigenvalue weighted by atomic mass is 10.1. The molecule has 0 unspecified atom stereocenters. The van der Waals surface area contributed by atoms with E-state index in [2.05, 4.69) is 17.3 Å². The largest absolute Gasteiger partial charge is 0.461 e. The van der Waals surface area contributed by atoms with Crippen LogP contribution in [0.1, 0.15) is 30.9 Å². The van der Waals surface area contributed by atoms with Gasteiger partial charge in [-0.2, -0.15) is 5.10 Å². The Kier molecular flexibility index (Phi) is 3.41. The highest BCUT2D eigenvalue weighted by Crippen LogP contribution is 2.28. The lowest BCUT2D eigenvalue weighted by Crippen LogP contribution is -2.22. The van der Waals surface area contributed by atoms with Crippen LogP contribution in [0.5, 0.6) is 0 Å². The van der Waals surface area contributed by atoms with E-state index in [1.165, 1.54) is 12.5 Å². The Morgan fingerprint density at radius 3 is 3.00 bits per heavy atom. The topological polar surface area (TPSA) is 59.5 Å². The molecule has 0 radical (unpaired) electrons. The minimum absolute atomic E-state index is 0.00572. The summed E-state index contributed by atoms with van der Waals surface area (Å²) in [6.45, 7) is 6.21. The molecule has 3 aromatic rings. The first-order valence-corrected chi connectivity index (χ1v) is 7.23. The summed E-state index contributed by atoms with van der Waals surface area (Å²) in [5, 5.41) is 8.59. The van der Waals surface area contributed by atoms with Gasteiger partial charge in [0, 0.05) is 30.6 Å². The van der Waals surface area contributed by atoms with Crippen molar-refractivity contribution in [3.63, 3.8) is 0 Å². The lowest BCUT2D eigenvalue weighted by molar-refractivity contribution is -0.118. The van der Waals surface area contributed by atoms with Gasteiger partial charge < -0.3 is 9.73 Å². The van der Waals surface area contributed by atoms with Gasteiger partial charge in [-0.1, -0.05) is 6.92 Å². The van der Waals surface area contributed by atoms with E-state index < -0.39 is 0 Å². The number of furan rings is 1. The Morgan fingerprint density at radius 1 is 1.48 bits per heavy atom. The fourth-order valence-electron chi connectivity index (χ4n) is 2.80. The summed E-state index contributed by atoms with van der Waals surface area (Å²) in [6.07, 6.45) is 3.58. The first kappa shape index (κ1) is 13.7. The van der Waals surface area contributed by atoms with Crippen LogP contribution in [-0.2, 0) is 17.6 Å². The molecule has 0 atom stereocenters. The standard InChI is InChI=1S/C16H19N3O2/c1-4-14-12(5-7-17-11(3)20)16-13-9-10(2)21-15(13)6-8-19(16)18-14/h6,8-9H,4-5,7H2,1-3H3,(H,17,20). The van der Waals surface area contributed by atoms with E-state index in [9.17, 15) is 4.79 Å². The molecule has 5 nitrogen and oxygen atoms in total. The minimum Gasteiger partial charge on any atom is -0.461 e. The van der Waals surface area contributed by atoms with Crippen molar-refractivity contribution >= 4 is 22.4 Å². The van der Waals surface area contributed by atoms with Crippen LogP contribution in [0.25, 0.3) is 16.5 Å². The number of pyridine rings is 1. The number of nitrogens with one attached hydrogen (secondary N) is 1. The summed E-state index contributed by atoms with van der Waals surface area (Å²) < 4.78 is 7.62. The van der Waals surface area contributed by atoms with Crippen molar-refractivity contribution in [1.29, 1.82) is 0 Å². The van der Waals surface area contributed by atoms with Crippen LogP contribution in [0.3, 0.4) is 0 Å². The molecule has 0 fully saturated rings. The number of aromatic nitrogens is 2. The van der Waals surface area contributed by atoms with Crippen LogP contribution < -0.4 is 5.32 Å². The van der Waals surface area contributed by atoms with Crippen molar-refractivity contribution in [2.45, 2.75) is 33.6 Å². The molecule has 0 bridgehead atoms. The zero-order valence-electron chi connectivity index (χ0n) is 12.6. The zero-order valence-corrected chi connectivity index (χ0v) is 12.6. The zero-order chi connectivity index (χ0) is 15.0. The smallest absolute Gasteiger partial charge is 0.216 e. The average molecular weight is 285 g/mol. The summed E-state index contributed by atoms with van der Waals surface area (Å²) in [7, 11) is 0. The highest BCUT2D eigenvalue weighted by Gasteiger charge is 2.15. The summed E-state index contributed by atoms with van der Waals surface area (Å²) in [5.74, 6) is 0.888. The minimum atomic E-state index is -0.00572. The van der Waals surface area contributed by atoms with Crippen LogP contribution in [0, 0.1) is 6.92 Å². The molecular weight excluding hydrogens is 266 g/mol. The van der Waals surface area contributed by atoms with Crippen LogP contribution in [0.15, 0.2) is 22.7 Å². The molecule has 110 valence electrons. The van der Waals surface area contributed by atoms with Crippen molar-refractivity contribution in [1.82, 2.24) is 14.9 Å². The van der Waals surface area contributed by atoms with Crippen LogP contribution in [0.4, 0.5) is 0 Å². The summed E-state index contributed by atoms with van der Waals surface area (Å²) in [6, 6.07) is 3.99. The van der Waals surface area contributed by atoms with Crippen molar-refractivity contribution in [2.24, 2.45) is 0 Å². The molecular formula is C16H19N3O2. The first-order chi connectivity index (χ1) is 10.1. The van der Waals surface area contributed by atoms with Gasteiger partial charge in [0.25, 0.3) is 0 Å². The second kappa shape index (κ2) is 5.24. The molecule has 3 aromatic heterocycles. The molecule has 5 heteroatoms. The van der Waals surface area contributed by atoms with Gasteiger partial charge in [0.05, 0.1) is 11.2 Å². The van der Waals surface area contributed by atoms with Crippen molar-refractivity contribution in [3.8, 4) is 0 Å². The predicted molar refractivity (Wildman–Crippen MR) is 81.5 cm³/mol. The summed E-state index contributed by atoms with van der Waals surface area (Å²) in [4.78, 5) is 11.1. The first-order valence-electron chi connectivity index (χ1n) is 7.23. The van der Waals surface area contributed by atoms with Crippen LogP contribution in [-0.4, -0.2) is 22.1 Å². The number of hydrogen-bond donors (Lipinski definition) is 1. The number of rotatable bonds is 4. The van der Waals surface area contributed by atoms with Crippen LogP contribution in [0.2, 0.25) is 0 Å². The maximum atomic E-state index is 11.1. The number of fused-ring (bicyclic) bond motifs is 3. The lowest BCUT2D eigenvalue weighted by Gasteiger charge is -2.03. The Labute approximate surface area is 122 Å². The number of aryl methyl sites for hydroxylation is 2. The fourth-order valence-corrected chi connectivity index (χ4v) is 2.80. The van der Waals surface area contributed by atoms with E-state index in [4.69, 9.17) is 4.42 Å². The van der Waals surface area contributed by atoms with Crippen LogP contribution >= 0.6 is 0 Å². The molecule has 0 saturated heterocycles. The van der Waals surface area contributed by atoms with Gasteiger partial charge in [-0.3, -0.25) is 4.79 Å². The summed E-state index contributed by atoms with van der Waals surface area (Å²) >= 11 is 0. The van der Waals surface area contributed by atoms with E-state index in [0.29, 0.717) is 6.54 Å². The quantitative estimate of drug-likeness (QED) is 0.801. The summed E-state index contributed by atoms with van der Waals surface area (Å²) in [5.41, 5.74) is 4.24. The number of amides is 1. The normalized spacial score (nSPS) is 11.4. The third kappa shape index (κ3) is 2.39. The highest BCUT2D eigenvalue weighted by molar-refractivity contribution is 5.95. The molecule has 0 aromatic carbocycles. The Bertz CT molecular complexity index is 814. The Hall–Kier alpha value is -2.30. The molecule has 0 saturated carbocycles. The van der Waals surface area contributed by atoms with E-state index >= 15 is 0 Å².